The first-order valence-corrected chi connectivity index (χ1v) is 11.4. The first-order valence-electron chi connectivity index (χ1n) is 10.6. The van der Waals surface area contributed by atoms with E-state index in [4.69, 9.17) is 10.5 Å². The first-order chi connectivity index (χ1) is 16.9. The second kappa shape index (κ2) is 9.26. The van der Waals surface area contributed by atoms with Crippen molar-refractivity contribution in [3.05, 3.63) is 82.0 Å². The quantitative estimate of drug-likeness (QED) is 0.273. The number of ether oxygens (including phenoxy) is 1. The van der Waals surface area contributed by atoms with Gasteiger partial charge in [-0.1, -0.05) is 0 Å². The number of hydrogen-bond donors (Lipinski definition) is 3. The van der Waals surface area contributed by atoms with E-state index in [0.29, 0.717) is 24.1 Å². The van der Waals surface area contributed by atoms with E-state index < -0.39 is 23.2 Å². The van der Waals surface area contributed by atoms with Crippen LogP contribution in [-0.2, 0) is 17.6 Å². The largest absolute Gasteiger partial charge is 0.451 e. The standard InChI is InChI=1S/C24H18F3N5O2S/c25-17-2-1-13(34-23-18(26)9-19-15(22(23)27)5-6-29-19)8-16(17)24-31-10-12(32-24)7-14-11-30-21(35-14)4-3-20(28)33/h1-2,5-6,8-11,29H,3-4,7H2,(H2,28,33)(H,31,32). The number of imidazole rings is 1. The summed E-state index contributed by atoms with van der Waals surface area (Å²) in [6.45, 7) is 0. The van der Waals surface area contributed by atoms with E-state index in [9.17, 15) is 18.0 Å². The van der Waals surface area contributed by atoms with Crippen LogP contribution in [0.4, 0.5) is 13.2 Å². The fourth-order valence-electron chi connectivity index (χ4n) is 3.62. The van der Waals surface area contributed by atoms with Crippen LogP contribution >= 0.6 is 11.3 Å². The molecule has 0 saturated heterocycles. The van der Waals surface area contributed by atoms with Gasteiger partial charge in [-0.15, -0.1) is 11.3 Å². The number of carbonyl (C=O) groups is 1. The zero-order valence-corrected chi connectivity index (χ0v) is 18.9. The molecule has 0 radical (unpaired) electrons. The SMILES string of the molecule is NC(=O)CCc1ncc(Cc2cnc(-c3cc(Oc4c(F)cc5[nH]ccc5c4F)ccc3F)[nH]2)s1. The molecule has 3 aromatic heterocycles. The summed E-state index contributed by atoms with van der Waals surface area (Å²) in [5.41, 5.74) is 6.28. The van der Waals surface area contributed by atoms with Crippen molar-refractivity contribution in [1.82, 2.24) is 19.9 Å². The molecule has 4 N–H and O–H groups in total. The van der Waals surface area contributed by atoms with Crippen molar-refractivity contribution in [1.29, 1.82) is 0 Å². The first kappa shape index (κ1) is 22.7. The molecule has 3 heterocycles. The maximum atomic E-state index is 14.7. The Bertz CT molecular complexity index is 1540. The molecule has 1 amide bonds. The van der Waals surface area contributed by atoms with Crippen molar-refractivity contribution in [2.75, 3.05) is 0 Å². The maximum Gasteiger partial charge on any atom is 0.217 e. The van der Waals surface area contributed by atoms with Gasteiger partial charge >= 0.3 is 0 Å². The summed E-state index contributed by atoms with van der Waals surface area (Å²) in [6, 6.07) is 6.36. The second-order valence-corrected chi connectivity index (χ2v) is 9.00. The lowest BCUT2D eigenvalue weighted by Gasteiger charge is -2.10. The number of benzene rings is 2. The summed E-state index contributed by atoms with van der Waals surface area (Å²) >= 11 is 1.45. The number of halogens is 3. The number of nitrogens with one attached hydrogen (secondary N) is 2. The third-order valence-electron chi connectivity index (χ3n) is 5.30. The minimum atomic E-state index is -0.886. The van der Waals surface area contributed by atoms with Crippen LogP contribution in [0.25, 0.3) is 22.3 Å². The Morgan fingerprint density at radius 1 is 1.09 bits per heavy atom. The Balaban J connectivity index is 1.36. The van der Waals surface area contributed by atoms with E-state index in [2.05, 4.69) is 19.9 Å². The van der Waals surface area contributed by atoms with Crippen LogP contribution in [-0.4, -0.2) is 25.8 Å². The van der Waals surface area contributed by atoms with E-state index >= 15 is 0 Å². The summed E-state index contributed by atoms with van der Waals surface area (Å²) in [5.74, 6) is -2.99. The summed E-state index contributed by atoms with van der Waals surface area (Å²) in [4.78, 5) is 26.2. The van der Waals surface area contributed by atoms with Gasteiger partial charge in [-0.05, 0) is 24.3 Å². The molecule has 0 spiro atoms. The molecular formula is C24H18F3N5O2S. The highest BCUT2D eigenvalue weighted by atomic mass is 32.1. The summed E-state index contributed by atoms with van der Waals surface area (Å²) in [5, 5.41) is 0.979. The smallest absolute Gasteiger partial charge is 0.217 e. The van der Waals surface area contributed by atoms with Crippen molar-refractivity contribution < 1.29 is 22.7 Å². The Hall–Kier alpha value is -4.12. The van der Waals surface area contributed by atoms with Crippen molar-refractivity contribution in [3.63, 3.8) is 0 Å². The van der Waals surface area contributed by atoms with Gasteiger partial charge < -0.3 is 20.4 Å². The van der Waals surface area contributed by atoms with Crippen LogP contribution < -0.4 is 10.5 Å². The summed E-state index contributed by atoms with van der Waals surface area (Å²) in [6.07, 6.45) is 5.96. The number of fused-ring (bicyclic) bond motifs is 1. The fourth-order valence-corrected chi connectivity index (χ4v) is 4.57. The summed E-state index contributed by atoms with van der Waals surface area (Å²) in [7, 11) is 0. The predicted molar refractivity (Wildman–Crippen MR) is 125 cm³/mol. The van der Waals surface area contributed by atoms with Crippen LogP contribution in [0.1, 0.15) is 22.0 Å². The predicted octanol–water partition coefficient (Wildman–Crippen LogP) is 5.23. The van der Waals surface area contributed by atoms with E-state index in [-0.39, 0.29) is 34.9 Å². The van der Waals surface area contributed by atoms with Gasteiger partial charge in [-0.3, -0.25) is 4.79 Å². The van der Waals surface area contributed by atoms with Gasteiger partial charge in [0, 0.05) is 59.9 Å². The van der Waals surface area contributed by atoms with Gasteiger partial charge in [0.05, 0.1) is 16.1 Å². The third-order valence-corrected chi connectivity index (χ3v) is 6.35. The zero-order chi connectivity index (χ0) is 24.5. The molecule has 0 aliphatic carbocycles. The minimum Gasteiger partial charge on any atom is -0.451 e. The average Bonchev–Trinajstić information content (AvgIpc) is 3.58. The molecule has 35 heavy (non-hydrogen) atoms. The van der Waals surface area contributed by atoms with Crippen LogP contribution in [0.2, 0.25) is 0 Å². The molecule has 5 rings (SSSR count). The number of nitrogens with two attached hydrogens (primary N) is 1. The Morgan fingerprint density at radius 3 is 2.77 bits per heavy atom. The molecule has 0 aliphatic rings. The number of rotatable bonds is 8. The highest BCUT2D eigenvalue weighted by molar-refractivity contribution is 7.11. The lowest BCUT2D eigenvalue weighted by Crippen LogP contribution is -2.10. The van der Waals surface area contributed by atoms with Gasteiger partial charge in [0.1, 0.15) is 17.4 Å². The number of nitrogens with zero attached hydrogens (tertiary/aromatic N) is 2. The Kier molecular flexibility index (Phi) is 6.00. The molecule has 0 saturated carbocycles. The van der Waals surface area contributed by atoms with E-state index in [1.165, 1.54) is 35.7 Å². The van der Waals surface area contributed by atoms with Gasteiger partial charge in [-0.2, -0.15) is 0 Å². The number of H-pyrrole nitrogens is 2. The van der Waals surface area contributed by atoms with Crippen LogP contribution in [0.5, 0.6) is 11.5 Å². The van der Waals surface area contributed by atoms with E-state index in [0.717, 1.165) is 22.0 Å². The molecule has 11 heteroatoms. The van der Waals surface area contributed by atoms with E-state index in [1.54, 1.807) is 12.4 Å². The maximum absolute atomic E-state index is 14.7. The molecule has 0 atom stereocenters. The minimum absolute atomic E-state index is 0.0496. The number of thiazole rings is 1. The molecule has 2 aromatic carbocycles. The molecule has 5 aromatic rings. The summed E-state index contributed by atoms with van der Waals surface area (Å²) < 4.78 is 49.3. The van der Waals surface area contributed by atoms with Crippen molar-refractivity contribution in [2.45, 2.75) is 19.3 Å². The number of primary amides is 1. The fraction of sp³-hybridized carbons (Fsp3) is 0.125. The number of aromatic amines is 2. The highest BCUT2D eigenvalue weighted by Crippen LogP contribution is 2.34. The number of aromatic nitrogens is 4. The lowest BCUT2D eigenvalue weighted by atomic mass is 10.2. The topological polar surface area (TPSA) is 110 Å². The van der Waals surface area contributed by atoms with Crippen molar-refractivity contribution >= 4 is 28.1 Å². The second-order valence-electron chi connectivity index (χ2n) is 7.80. The Labute approximate surface area is 200 Å². The van der Waals surface area contributed by atoms with Crippen LogP contribution in [0.3, 0.4) is 0 Å². The molecule has 0 unspecified atom stereocenters. The monoisotopic (exact) mass is 497 g/mol. The molecule has 178 valence electrons. The van der Waals surface area contributed by atoms with Gasteiger partial charge in [-0.25, -0.2) is 23.1 Å². The van der Waals surface area contributed by atoms with Crippen LogP contribution in [0, 0.1) is 17.5 Å². The number of aryl methyl sites for hydroxylation is 1. The third kappa shape index (κ3) is 4.76. The van der Waals surface area contributed by atoms with Crippen molar-refractivity contribution in [2.24, 2.45) is 5.73 Å². The van der Waals surface area contributed by atoms with Crippen LogP contribution in [0.15, 0.2) is 48.9 Å². The highest BCUT2D eigenvalue weighted by Gasteiger charge is 2.18. The Morgan fingerprint density at radius 2 is 1.94 bits per heavy atom. The number of amides is 1. The van der Waals surface area contributed by atoms with E-state index in [1.807, 2.05) is 0 Å². The zero-order valence-electron chi connectivity index (χ0n) is 18.1. The molecule has 0 aliphatic heterocycles. The van der Waals surface area contributed by atoms with Gasteiger partial charge in [0.25, 0.3) is 0 Å². The van der Waals surface area contributed by atoms with Crippen molar-refractivity contribution in [3.8, 4) is 22.9 Å². The molecule has 7 nitrogen and oxygen atoms in total. The average molecular weight is 498 g/mol. The normalized spacial score (nSPS) is 11.3. The van der Waals surface area contributed by atoms with Gasteiger partial charge in [0.15, 0.2) is 17.4 Å². The van der Waals surface area contributed by atoms with Gasteiger partial charge in [0.2, 0.25) is 5.91 Å². The molecule has 0 fully saturated rings. The number of hydrogen-bond acceptors (Lipinski definition) is 5. The molecular weight excluding hydrogens is 479 g/mol. The lowest BCUT2D eigenvalue weighted by molar-refractivity contribution is -0.117. The number of carbonyl (C=O) groups excluding carboxylic acids is 1. The molecule has 0 bridgehead atoms.